The molecule has 0 spiro atoms. The molecule has 7 heteroatoms. The molecule has 0 aliphatic heterocycles. The van der Waals surface area contributed by atoms with E-state index in [-0.39, 0.29) is 4.90 Å². The number of pyridine rings is 1. The van der Waals surface area contributed by atoms with Crippen LogP contribution in [0, 0.1) is 0 Å². The van der Waals surface area contributed by atoms with Crippen molar-refractivity contribution >= 4 is 41.9 Å². The largest absolute Gasteiger partial charge is 0.262 e. The molecule has 0 saturated carbocycles. The molecule has 4 nitrogen and oxygen atoms in total. The Bertz CT molecular complexity index is 451. The van der Waals surface area contributed by atoms with Gasteiger partial charge in [-0.1, -0.05) is 15.9 Å². The minimum absolute atomic E-state index is 0.207. The maximum absolute atomic E-state index is 12.0. The lowest BCUT2D eigenvalue weighted by Gasteiger charge is -2.16. The highest BCUT2D eigenvalue weighted by Gasteiger charge is 2.20. The Kier molecular flexibility index (Phi) is 5.36. The Morgan fingerprint density at radius 3 is 2.69 bits per heavy atom. The summed E-state index contributed by atoms with van der Waals surface area (Å²) in [6.07, 6.45) is 3.68. The maximum Gasteiger partial charge on any atom is 0.244 e. The fraction of sp³-hybridized carbons (Fsp3) is 0.444. The summed E-state index contributed by atoms with van der Waals surface area (Å²) >= 11 is 6.47. The van der Waals surface area contributed by atoms with Crippen molar-refractivity contribution in [2.45, 2.75) is 11.3 Å². The van der Waals surface area contributed by atoms with Crippen molar-refractivity contribution in [1.82, 2.24) is 9.29 Å². The summed E-state index contributed by atoms with van der Waals surface area (Å²) in [6, 6.07) is 1.55. The molecule has 0 aliphatic rings. The molecule has 0 aromatic carbocycles. The van der Waals surface area contributed by atoms with Gasteiger partial charge in [0.15, 0.2) is 0 Å². The van der Waals surface area contributed by atoms with Gasteiger partial charge in [-0.3, -0.25) is 4.98 Å². The minimum Gasteiger partial charge on any atom is -0.262 e. The topological polar surface area (TPSA) is 50.3 Å². The average molecular weight is 372 g/mol. The molecule has 90 valence electrons. The van der Waals surface area contributed by atoms with Crippen molar-refractivity contribution in [2.75, 3.05) is 18.9 Å². The van der Waals surface area contributed by atoms with E-state index in [2.05, 4.69) is 36.8 Å². The zero-order chi connectivity index (χ0) is 12.2. The molecule has 0 N–H and O–H groups in total. The third-order valence-corrected chi connectivity index (χ3v) is 4.81. The maximum atomic E-state index is 12.0. The van der Waals surface area contributed by atoms with Crippen molar-refractivity contribution < 1.29 is 8.42 Å². The van der Waals surface area contributed by atoms with Crippen LogP contribution in [0.1, 0.15) is 6.42 Å². The van der Waals surface area contributed by atoms with Gasteiger partial charge in [0.25, 0.3) is 0 Å². The fourth-order valence-corrected chi connectivity index (χ4v) is 3.08. The zero-order valence-corrected chi connectivity index (χ0v) is 12.7. The van der Waals surface area contributed by atoms with E-state index in [0.717, 1.165) is 11.8 Å². The van der Waals surface area contributed by atoms with Gasteiger partial charge in [0.1, 0.15) is 4.90 Å². The van der Waals surface area contributed by atoms with Crippen LogP contribution in [-0.2, 0) is 10.0 Å². The van der Waals surface area contributed by atoms with Gasteiger partial charge >= 0.3 is 0 Å². The second kappa shape index (κ2) is 6.09. The number of hydrogen-bond donors (Lipinski definition) is 0. The monoisotopic (exact) mass is 370 g/mol. The van der Waals surface area contributed by atoms with Gasteiger partial charge in [0.2, 0.25) is 10.0 Å². The summed E-state index contributed by atoms with van der Waals surface area (Å²) in [5.74, 6) is 0. The normalized spacial score (nSPS) is 12.0. The van der Waals surface area contributed by atoms with Crippen LogP contribution < -0.4 is 0 Å². The summed E-state index contributed by atoms with van der Waals surface area (Å²) in [5.41, 5.74) is 0. The molecular formula is C9H12Br2N2O2S. The highest BCUT2D eigenvalue weighted by molar-refractivity contribution is 9.10. The Hall–Kier alpha value is 0.0200. The first-order valence-corrected chi connectivity index (χ1v) is 7.97. The lowest BCUT2D eigenvalue weighted by molar-refractivity contribution is 0.469. The van der Waals surface area contributed by atoms with Crippen molar-refractivity contribution in [3.8, 4) is 0 Å². The van der Waals surface area contributed by atoms with Crippen LogP contribution in [0.4, 0.5) is 0 Å². The molecule has 0 radical (unpaired) electrons. The van der Waals surface area contributed by atoms with Crippen LogP contribution in [0.15, 0.2) is 27.8 Å². The first-order chi connectivity index (χ1) is 7.48. The molecule has 0 unspecified atom stereocenters. The summed E-state index contributed by atoms with van der Waals surface area (Å²) in [7, 11) is -1.85. The second-order valence-corrected chi connectivity index (χ2v) is 6.96. The highest BCUT2D eigenvalue weighted by Crippen LogP contribution is 2.17. The average Bonchev–Trinajstić information content (AvgIpc) is 2.25. The van der Waals surface area contributed by atoms with E-state index in [9.17, 15) is 8.42 Å². The number of aromatic nitrogens is 1. The summed E-state index contributed by atoms with van der Waals surface area (Å²) in [5, 5.41) is 0.781. The molecule has 0 atom stereocenters. The number of rotatable bonds is 5. The molecular weight excluding hydrogens is 360 g/mol. The molecule has 1 heterocycles. The molecule has 0 amide bonds. The number of alkyl halides is 1. The van der Waals surface area contributed by atoms with Crippen LogP contribution in [0.25, 0.3) is 0 Å². The van der Waals surface area contributed by atoms with E-state index in [0.29, 0.717) is 11.0 Å². The Balaban J connectivity index is 2.93. The molecule has 1 rings (SSSR count). The van der Waals surface area contributed by atoms with Crippen molar-refractivity contribution in [1.29, 1.82) is 0 Å². The Morgan fingerprint density at radius 1 is 1.44 bits per heavy atom. The molecule has 0 bridgehead atoms. The van der Waals surface area contributed by atoms with E-state index in [1.165, 1.54) is 10.5 Å². The number of sulfonamides is 1. The van der Waals surface area contributed by atoms with Crippen LogP contribution in [-0.4, -0.2) is 36.6 Å². The van der Waals surface area contributed by atoms with Gasteiger partial charge in [-0.15, -0.1) is 0 Å². The van der Waals surface area contributed by atoms with E-state index < -0.39 is 10.0 Å². The highest BCUT2D eigenvalue weighted by atomic mass is 79.9. The van der Waals surface area contributed by atoms with E-state index >= 15 is 0 Å². The van der Waals surface area contributed by atoms with Gasteiger partial charge in [-0.05, 0) is 28.4 Å². The van der Waals surface area contributed by atoms with Crippen molar-refractivity contribution in [3.05, 3.63) is 22.9 Å². The predicted octanol–water partition coefficient (Wildman–Crippen LogP) is 2.25. The molecule has 0 fully saturated rings. The zero-order valence-electron chi connectivity index (χ0n) is 8.73. The van der Waals surface area contributed by atoms with Gasteiger partial charge in [-0.25, -0.2) is 12.7 Å². The standard InChI is InChI=1S/C9H12Br2N2O2S/c1-13(4-2-3-10)16(14,15)9-5-8(11)6-12-7-9/h5-7H,2-4H2,1H3. The predicted molar refractivity (Wildman–Crippen MR) is 70.2 cm³/mol. The van der Waals surface area contributed by atoms with Gasteiger partial charge in [0, 0.05) is 35.8 Å². The first-order valence-electron chi connectivity index (χ1n) is 4.61. The quantitative estimate of drug-likeness (QED) is 0.746. The Labute approximate surface area is 112 Å². The van der Waals surface area contributed by atoms with Crippen LogP contribution in [0.5, 0.6) is 0 Å². The van der Waals surface area contributed by atoms with Crippen LogP contribution in [0.3, 0.4) is 0 Å². The van der Waals surface area contributed by atoms with Crippen molar-refractivity contribution in [3.63, 3.8) is 0 Å². The van der Waals surface area contributed by atoms with Gasteiger partial charge in [0.05, 0.1) is 0 Å². The SMILES string of the molecule is CN(CCCBr)S(=O)(=O)c1cncc(Br)c1. The van der Waals surface area contributed by atoms with E-state index in [1.54, 1.807) is 19.3 Å². The number of hydrogen-bond acceptors (Lipinski definition) is 3. The van der Waals surface area contributed by atoms with Gasteiger partial charge in [-0.2, -0.15) is 0 Å². The van der Waals surface area contributed by atoms with E-state index in [1.807, 2.05) is 0 Å². The lowest BCUT2D eigenvalue weighted by atomic mass is 10.5. The van der Waals surface area contributed by atoms with E-state index in [4.69, 9.17) is 0 Å². The minimum atomic E-state index is -3.41. The lowest BCUT2D eigenvalue weighted by Crippen LogP contribution is -2.28. The summed E-state index contributed by atoms with van der Waals surface area (Å²) < 4.78 is 26.1. The Morgan fingerprint density at radius 2 is 2.12 bits per heavy atom. The summed E-state index contributed by atoms with van der Waals surface area (Å²) in [6.45, 7) is 0.486. The number of halogens is 2. The smallest absolute Gasteiger partial charge is 0.244 e. The van der Waals surface area contributed by atoms with Crippen LogP contribution >= 0.6 is 31.9 Å². The van der Waals surface area contributed by atoms with Gasteiger partial charge < -0.3 is 0 Å². The third-order valence-electron chi connectivity index (χ3n) is 1.99. The first kappa shape index (κ1) is 14.1. The fourth-order valence-electron chi connectivity index (χ4n) is 1.12. The molecule has 1 aromatic rings. The summed E-state index contributed by atoms with van der Waals surface area (Å²) in [4.78, 5) is 4.06. The van der Waals surface area contributed by atoms with Crippen LogP contribution in [0.2, 0.25) is 0 Å². The molecule has 0 saturated heterocycles. The third kappa shape index (κ3) is 3.51. The molecule has 1 aromatic heterocycles. The van der Waals surface area contributed by atoms with Crippen molar-refractivity contribution in [2.24, 2.45) is 0 Å². The number of nitrogens with zero attached hydrogens (tertiary/aromatic N) is 2. The second-order valence-electron chi connectivity index (χ2n) is 3.21. The molecule has 0 aliphatic carbocycles. The molecule has 16 heavy (non-hydrogen) atoms.